The number of fused-ring (bicyclic) bond motifs is 3. The Balaban J connectivity index is 1.85. The number of carbonyl (C=O) groups excluding carboxylic acids is 1. The summed E-state index contributed by atoms with van der Waals surface area (Å²) in [5, 5.41) is 0. The average Bonchev–Trinajstić information content (AvgIpc) is 3.17. The summed E-state index contributed by atoms with van der Waals surface area (Å²) in [6, 6.07) is 2.44. The third-order valence-corrected chi connectivity index (χ3v) is 6.05. The van der Waals surface area contributed by atoms with Gasteiger partial charge in [0.05, 0.1) is 5.52 Å². The van der Waals surface area contributed by atoms with Crippen LogP contribution >= 0.6 is 0 Å². The first-order valence-corrected chi connectivity index (χ1v) is 9.46. The van der Waals surface area contributed by atoms with Gasteiger partial charge >= 0.3 is 0 Å². The second kappa shape index (κ2) is 6.27. The highest BCUT2D eigenvalue weighted by Gasteiger charge is 2.36. The van der Waals surface area contributed by atoms with Crippen LogP contribution in [0.4, 0.5) is 0 Å². The zero-order valence-corrected chi connectivity index (χ0v) is 16.4. The van der Waals surface area contributed by atoms with Crippen LogP contribution in [0.3, 0.4) is 0 Å². The van der Waals surface area contributed by atoms with E-state index in [9.17, 15) is 4.79 Å². The van der Waals surface area contributed by atoms with Gasteiger partial charge in [-0.1, -0.05) is 0 Å². The molecular weight excluding hydrogens is 328 g/mol. The van der Waals surface area contributed by atoms with E-state index in [2.05, 4.69) is 11.9 Å². The minimum absolute atomic E-state index is 0.0297. The number of amides is 1. The van der Waals surface area contributed by atoms with Crippen LogP contribution < -0.4 is 4.74 Å². The molecular formula is C20H28N4O2. The molecule has 26 heavy (non-hydrogen) atoms. The van der Waals surface area contributed by atoms with Crippen molar-refractivity contribution in [3.05, 3.63) is 23.0 Å². The number of benzene rings is 1. The molecule has 0 bridgehead atoms. The summed E-state index contributed by atoms with van der Waals surface area (Å²) in [6.07, 6.45) is 4.39. The molecule has 6 nitrogen and oxygen atoms in total. The van der Waals surface area contributed by atoms with Gasteiger partial charge in [-0.3, -0.25) is 9.69 Å². The van der Waals surface area contributed by atoms with Crippen LogP contribution in [0, 0.1) is 6.92 Å². The second-order valence-corrected chi connectivity index (χ2v) is 7.90. The van der Waals surface area contributed by atoms with Crippen LogP contribution in [0.1, 0.15) is 41.0 Å². The Hall–Kier alpha value is -2.08. The lowest BCUT2D eigenvalue weighted by Gasteiger charge is -2.34. The molecule has 1 amide bonds. The molecule has 2 aromatic rings. The van der Waals surface area contributed by atoms with Crippen LogP contribution in [-0.4, -0.2) is 65.1 Å². The standard InChI is InChI=1S/C20H28N4O2/c1-12-21-18-16(24(12)5)11-14(20(25)22(2)3)13-8-9-17(26-19(13)18)15-7-6-10-23(15)4/h11,15,17H,6-10H2,1-5H3/t15?,17-/m0/s1. The SMILES string of the molecule is Cc1nc2c3c(c(C(=O)N(C)C)cc2n1C)CC[C@@H](C1CCCN1C)O3. The molecule has 0 aliphatic carbocycles. The Morgan fingerprint density at radius 3 is 2.73 bits per heavy atom. The molecule has 0 spiro atoms. The molecule has 2 aliphatic rings. The maximum atomic E-state index is 12.8. The zero-order valence-electron chi connectivity index (χ0n) is 16.4. The van der Waals surface area contributed by atoms with Gasteiger partial charge in [-0.15, -0.1) is 0 Å². The summed E-state index contributed by atoms with van der Waals surface area (Å²) in [5.41, 5.74) is 3.62. The fourth-order valence-corrected chi connectivity index (χ4v) is 4.43. The third-order valence-electron chi connectivity index (χ3n) is 6.05. The Bertz CT molecular complexity index is 871. The molecule has 0 N–H and O–H groups in total. The lowest BCUT2D eigenvalue weighted by atomic mass is 9.92. The van der Waals surface area contributed by atoms with Gasteiger partial charge in [0.2, 0.25) is 0 Å². The van der Waals surface area contributed by atoms with Crippen LogP contribution in [0.5, 0.6) is 5.75 Å². The number of hydrogen-bond donors (Lipinski definition) is 0. The number of imidazole rings is 1. The van der Waals surface area contributed by atoms with Gasteiger partial charge < -0.3 is 14.2 Å². The van der Waals surface area contributed by atoms with Crippen molar-refractivity contribution < 1.29 is 9.53 Å². The third kappa shape index (κ3) is 2.58. The minimum Gasteiger partial charge on any atom is -0.486 e. The van der Waals surface area contributed by atoms with Gasteiger partial charge in [0.1, 0.15) is 17.4 Å². The molecule has 4 rings (SSSR count). The van der Waals surface area contributed by atoms with Gasteiger partial charge in [0.15, 0.2) is 5.75 Å². The summed E-state index contributed by atoms with van der Waals surface area (Å²) in [5.74, 6) is 1.79. The maximum absolute atomic E-state index is 12.8. The second-order valence-electron chi connectivity index (χ2n) is 7.90. The van der Waals surface area contributed by atoms with Crippen molar-refractivity contribution in [1.29, 1.82) is 0 Å². The number of aryl methyl sites for hydroxylation is 2. The Morgan fingerprint density at radius 1 is 1.31 bits per heavy atom. The number of nitrogens with zero attached hydrogens (tertiary/aromatic N) is 4. The fourth-order valence-electron chi connectivity index (χ4n) is 4.43. The van der Waals surface area contributed by atoms with E-state index < -0.39 is 0 Å². The smallest absolute Gasteiger partial charge is 0.253 e. The van der Waals surface area contributed by atoms with Crippen molar-refractivity contribution in [3.8, 4) is 5.75 Å². The Morgan fingerprint density at radius 2 is 2.08 bits per heavy atom. The normalized spacial score (nSPS) is 23.1. The van der Waals surface area contributed by atoms with E-state index in [1.54, 1.807) is 19.0 Å². The van der Waals surface area contributed by atoms with Gasteiger partial charge in [0, 0.05) is 38.3 Å². The van der Waals surface area contributed by atoms with Gasteiger partial charge in [-0.25, -0.2) is 4.98 Å². The maximum Gasteiger partial charge on any atom is 0.253 e. The lowest BCUT2D eigenvalue weighted by Crippen LogP contribution is -2.42. The molecule has 1 fully saturated rings. The van der Waals surface area contributed by atoms with E-state index in [-0.39, 0.29) is 12.0 Å². The fraction of sp³-hybridized carbons (Fsp3) is 0.600. The first-order valence-electron chi connectivity index (χ1n) is 9.46. The molecule has 1 saturated heterocycles. The van der Waals surface area contributed by atoms with E-state index in [0.717, 1.165) is 53.1 Å². The summed E-state index contributed by atoms with van der Waals surface area (Å²) < 4.78 is 8.59. The first kappa shape index (κ1) is 17.3. The van der Waals surface area contributed by atoms with Crippen molar-refractivity contribution in [2.24, 2.45) is 7.05 Å². The predicted molar refractivity (Wildman–Crippen MR) is 102 cm³/mol. The molecule has 1 unspecified atom stereocenters. The van der Waals surface area contributed by atoms with Crippen LogP contribution in [0.25, 0.3) is 11.0 Å². The number of rotatable bonds is 2. The predicted octanol–water partition coefficient (Wildman–Crippen LogP) is 2.37. The quantitative estimate of drug-likeness (QED) is 0.829. The highest BCUT2D eigenvalue weighted by Crippen LogP contribution is 2.40. The van der Waals surface area contributed by atoms with Crippen molar-refractivity contribution in [2.75, 3.05) is 27.7 Å². The summed E-state index contributed by atoms with van der Waals surface area (Å²) in [7, 11) is 7.77. The van der Waals surface area contributed by atoms with Crippen LogP contribution in [0.15, 0.2) is 6.07 Å². The van der Waals surface area contributed by atoms with E-state index >= 15 is 0 Å². The van der Waals surface area contributed by atoms with E-state index in [0.29, 0.717) is 6.04 Å². The molecule has 0 saturated carbocycles. The van der Waals surface area contributed by atoms with E-state index in [1.165, 1.54) is 12.8 Å². The highest BCUT2D eigenvalue weighted by atomic mass is 16.5. The number of likely N-dealkylation sites (tertiary alicyclic amines) is 1. The lowest BCUT2D eigenvalue weighted by molar-refractivity contribution is 0.0804. The van der Waals surface area contributed by atoms with Crippen molar-refractivity contribution >= 4 is 16.9 Å². The number of ether oxygens (including phenoxy) is 1. The topological polar surface area (TPSA) is 50.6 Å². The molecule has 6 heteroatoms. The zero-order chi connectivity index (χ0) is 18.6. The molecule has 1 aromatic heterocycles. The number of carbonyl (C=O) groups is 1. The van der Waals surface area contributed by atoms with Crippen molar-refractivity contribution in [2.45, 2.75) is 44.8 Å². The monoisotopic (exact) mass is 356 g/mol. The van der Waals surface area contributed by atoms with E-state index in [4.69, 9.17) is 9.72 Å². The van der Waals surface area contributed by atoms with Crippen LogP contribution in [0.2, 0.25) is 0 Å². The van der Waals surface area contributed by atoms with Gasteiger partial charge in [0.25, 0.3) is 5.91 Å². The molecule has 2 aliphatic heterocycles. The largest absolute Gasteiger partial charge is 0.486 e. The average molecular weight is 356 g/mol. The molecule has 2 atom stereocenters. The summed E-state index contributed by atoms with van der Waals surface area (Å²) >= 11 is 0. The van der Waals surface area contributed by atoms with Gasteiger partial charge in [-0.2, -0.15) is 0 Å². The number of hydrogen-bond acceptors (Lipinski definition) is 4. The van der Waals surface area contributed by atoms with E-state index in [1.807, 2.05) is 24.6 Å². The molecule has 1 aromatic carbocycles. The molecule has 0 radical (unpaired) electrons. The Labute approximate surface area is 154 Å². The highest BCUT2D eigenvalue weighted by molar-refractivity contribution is 6.01. The van der Waals surface area contributed by atoms with Crippen molar-refractivity contribution in [1.82, 2.24) is 19.4 Å². The summed E-state index contributed by atoms with van der Waals surface area (Å²) in [4.78, 5) is 21.6. The summed E-state index contributed by atoms with van der Waals surface area (Å²) in [6.45, 7) is 3.12. The Kier molecular flexibility index (Phi) is 4.18. The number of aromatic nitrogens is 2. The van der Waals surface area contributed by atoms with Crippen molar-refractivity contribution in [3.63, 3.8) is 0 Å². The number of likely N-dealkylation sites (N-methyl/N-ethyl adjacent to an activating group) is 1. The van der Waals surface area contributed by atoms with Crippen LogP contribution in [-0.2, 0) is 13.5 Å². The minimum atomic E-state index is 0.0297. The van der Waals surface area contributed by atoms with Gasteiger partial charge in [-0.05, 0) is 52.3 Å². The first-order chi connectivity index (χ1) is 12.4. The molecule has 140 valence electrons. The molecule has 3 heterocycles.